The van der Waals surface area contributed by atoms with Crippen LogP contribution in [0.25, 0.3) is 4.85 Å². The Morgan fingerprint density at radius 3 is 2.90 bits per heavy atom. The molecule has 0 bridgehead atoms. The number of nitrogen functional groups attached to an aromatic ring is 1. The predicted molar refractivity (Wildman–Crippen MR) is 38.6 cm³/mol. The van der Waals surface area contributed by atoms with Crippen molar-refractivity contribution in [2.45, 2.75) is 13.3 Å². The summed E-state index contributed by atoms with van der Waals surface area (Å²) < 4.78 is 0. The summed E-state index contributed by atoms with van der Waals surface area (Å²) in [6, 6.07) is 0. The topological polar surface area (TPSA) is 59.1 Å². The van der Waals surface area contributed by atoms with Gasteiger partial charge in [-0.25, -0.2) is 4.85 Å². The van der Waals surface area contributed by atoms with Crippen LogP contribution in [-0.2, 0) is 6.42 Å². The Kier molecular flexibility index (Phi) is 1.59. The minimum absolute atomic E-state index is 0.367. The van der Waals surface area contributed by atoms with Crippen LogP contribution >= 0.6 is 0 Å². The second-order valence-electron chi connectivity index (χ2n) is 1.90. The van der Waals surface area contributed by atoms with Crippen LogP contribution < -0.4 is 5.73 Å². The number of rotatable bonds is 1. The van der Waals surface area contributed by atoms with Crippen molar-refractivity contribution in [1.29, 1.82) is 0 Å². The molecule has 0 radical (unpaired) electrons. The van der Waals surface area contributed by atoms with Crippen LogP contribution in [0.15, 0.2) is 0 Å². The smallest absolute Gasteiger partial charge is 0.249 e. The van der Waals surface area contributed by atoms with Crippen LogP contribution in [0.5, 0.6) is 0 Å². The minimum Gasteiger partial charge on any atom is -0.393 e. The highest BCUT2D eigenvalue weighted by Gasteiger charge is 2.07. The van der Waals surface area contributed by atoms with E-state index in [1.807, 2.05) is 6.92 Å². The summed E-state index contributed by atoms with van der Waals surface area (Å²) in [6.45, 7) is 8.67. The molecule has 1 aromatic heterocycles. The van der Waals surface area contributed by atoms with Crippen LogP contribution in [0.3, 0.4) is 0 Å². The number of nitrogens with one attached hydrogen (secondary N) is 1. The van der Waals surface area contributed by atoms with Crippen LogP contribution in [0.1, 0.15) is 12.6 Å². The highest BCUT2D eigenvalue weighted by molar-refractivity contribution is 5.65. The maximum Gasteiger partial charge on any atom is 0.249 e. The summed E-state index contributed by atoms with van der Waals surface area (Å²) in [4.78, 5) is 3.23. The van der Waals surface area contributed by atoms with Crippen molar-refractivity contribution in [2.24, 2.45) is 0 Å². The Labute approximate surface area is 58.9 Å². The Morgan fingerprint density at radius 1 is 1.80 bits per heavy atom. The van der Waals surface area contributed by atoms with E-state index >= 15 is 0 Å². The highest BCUT2D eigenvalue weighted by Crippen LogP contribution is 2.23. The SMILES string of the molecule is [C-]#[N+]c1c(CC)n[nH]c1N. The molecule has 0 saturated carbocycles. The molecule has 0 saturated heterocycles. The van der Waals surface area contributed by atoms with Crippen molar-refractivity contribution in [3.8, 4) is 0 Å². The molecule has 4 nitrogen and oxygen atoms in total. The predicted octanol–water partition coefficient (Wildman–Crippen LogP) is 1.11. The van der Waals surface area contributed by atoms with Gasteiger partial charge in [-0.3, -0.25) is 5.10 Å². The van der Waals surface area contributed by atoms with Gasteiger partial charge in [-0.15, -0.1) is 0 Å². The molecule has 0 amide bonds. The first kappa shape index (κ1) is 6.62. The number of nitrogens with two attached hydrogens (primary N) is 1. The largest absolute Gasteiger partial charge is 0.393 e. The van der Waals surface area contributed by atoms with Gasteiger partial charge >= 0.3 is 0 Å². The molecule has 0 unspecified atom stereocenters. The number of aromatic amines is 1. The third-order valence-corrected chi connectivity index (χ3v) is 1.29. The summed E-state index contributed by atoms with van der Waals surface area (Å²) >= 11 is 0. The molecule has 1 rings (SSSR count). The lowest BCUT2D eigenvalue weighted by Crippen LogP contribution is -1.82. The monoisotopic (exact) mass is 136 g/mol. The van der Waals surface area contributed by atoms with Gasteiger partial charge in [0.1, 0.15) is 5.82 Å². The quantitative estimate of drug-likeness (QED) is 0.568. The molecule has 0 aliphatic rings. The lowest BCUT2D eigenvalue weighted by Gasteiger charge is -1.86. The molecule has 0 aliphatic heterocycles. The lowest BCUT2D eigenvalue weighted by atomic mass is 10.3. The molecule has 1 heterocycles. The molecule has 10 heavy (non-hydrogen) atoms. The standard InChI is InChI=1S/C6H8N4/c1-3-4-5(8-2)6(7)10-9-4/h3H2,1H3,(H3,7,9,10). The van der Waals surface area contributed by atoms with Crippen LogP contribution in [0.2, 0.25) is 0 Å². The molecular weight excluding hydrogens is 128 g/mol. The van der Waals surface area contributed by atoms with Gasteiger partial charge in [0.05, 0.1) is 12.3 Å². The van der Waals surface area contributed by atoms with E-state index in [-0.39, 0.29) is 0 Å². The van der Waals surface area contributed by atoms with E-state index < -0.39 is 0 Å². The van der Waals surface area contributed by atoms with E-state index in [4.69, 9.17) is 12.3 Å². The maximum atomic E-state index is 6.73. The van der Waals surface area contributed by atoms with E-state index in [1.54, 1.807) is 0 Å². The van der Waals surface area contributed by atoms with Crippen molar-refractivity contribution in [3.63, 3.8) is 0 Å². The Bertz CT molecular complexity index is 268. The maximum absolute atomic E-state index is 6.73. The summed E-state index contributed by atoms with van der Waals surface area (Å²) in [7, 11) is 0. The van der Waals surface area contributed by atoms with Gasteiger partial charge in [-0.1, -0.05) is 6.92 Å². The Morgan fingerprint density at radius 2 is 2.50 bits per heavy atom. The molecular formula is C6H8N4. The first-order valence-corrected chi connectivity index (χ1v) is 2.99. The first-order chi connectivity index (χ1) is 4.79. The zero-order valence-corrected chi connectivity index (χ0v) is 5.68. The zero-order chi connectivity index (χ0) is 7.56. The average Bonchev–Trinajstić information content (AvgIpc) is 2.30. The van der Waals surface area contributed by atoms with Crippen molar-refractivity contribution in [1.82, 2.24) is 10.2 Å². The minimum atomic E-state index is 0.367. The molecule has 0 atom stereocenters. The van der Waals surface area contributed by atoms with Crippen molar-refractivity contribution in [2.75, 3.05) is 5.73 Å². The Balaban J connectivity index is 3.17. The molecule has 0 fully saturated rings. The number of nitrogens with zero attached hydrogens (tertiary/aromatic N) is 2. The molecule has 52 valence electrons. The number of H-pyrrole nitrogens is 1. The second kappa shape index (κ2) is 2.40. The summed E-state index contributed by atoms with van der Waals surface area (Å²) in [5.41, 5.74) is 6.60. The lowest BCUT2D eigenvalue weighted by molar-refractivity contribution is 0.979. The number of anilines is 1. The van der Waals surface area contributed by atoms with E-state index in [0.717, 1.165) is 12.1 Å². The Hall–Kier alpha value is -1.50. The van der Waals surface area contributed by atoms with Crippen molar-refractivity contribution >= 4 is 11.5 Å². The molecule has 0 spiro atoms. The normalized spacial score (nSPS) is 9.20. The summed E-state index contributed by atoms with van der Waals surface area (Å²) in [5, 5.41) is 6.39. The molecule has 0 aliphatic carbocycles. The van der Waals surface area contributed by atoms with Gasteiger partial charge in [-0.2, -0.15) is 5.10 Å². The summed E-state index contributed by atoms with van der Waals surface area (Å²) in [6.07, 6.45) is 0.741. The molecule has 1 aromatic rings. The molecule has 0 aromatic carbocycles. The first-order valence-electron chi connectivity index (χ1n) is 2.99. The van der Waals surface area contributed by atoms with Gasteiger partial charge in [0.25, 0.3) is 0 Å². The van der Waals surface area contributed by atoms with Gasteiger partial charge in [0.2, 0.25) is 5.69 Å². The number of hydrogen-bond acceptors (Lipinski definition) is 2. The number of aromatic nitrogens is 2. The van der Waals surface area contributed by atoms with E-state index in [1.165, 1.54) is 0 Å². The zero-order valence-electron chi connectivity index (χ0n) is 5.68. The van der Waals surface area contributed by atoms with Crippen molar-refractivity contribution < 1.29 is 0 Å². The van der Waals surface area contributed by atoms with Gasteiger partial charge < -0.3 is 5.73 Å². The van der Waals surface area contributed by atoms with Crippen LogP contribution in [0.4, 0.5) is 11.5 Å². The molecule has 3 N–H and O–H groups in total. The fourth-order valence-electron chi connectivity index (χ4n) is 0.760. The van der Waals surface area contributed by atoms with Crippen LogP contribution in [-0.4, -0.2) is 10.2 Å². The third kappa shape index (κ3) is 0.818. The second-order valence-corrected chi connectivity index (χ2v) is 1.90. The van der Waals surface area contributed by atoms with Gasteiger partial charge in [0.15, 0.2) is 0 Å². The van der Waals surface area contributed by atoms with Gasteiger partial charge in [-0.05, 0) is 6.42 Å². The van der Waals surface area contributed by atoms with E-state index in [0.29, 0.717) is 11.5 Å². The fraction of sp³-hybridized carbons (Fsp3) is 0.333. The fourth-order valence-corrected chi connectivity index (χ4v) is 0.760. The van der Waals surface area contributed by atoms with Crippen LogP contribution in [0, 0.1) is 6.57 Å². The average molecular weight is 136 g/mol. The number of hydrogen-bond donors (Lipinski definition) is 2. The highest BCUT2D eigenvalue weighted by atomic mass is 15.2. The van der Waals surface area contributed by atoms with Crippen molar-refractivity contribution in [3.05, 3.63) is 17.1 Å². The number of aryl methyl sites for hydroxylation is 1. The van der Waals surface area contributed by atoms with Gasteiger partial charge in [0, 0.05) is 0 Å². The van der Waals surface area contributed by atoms with E-state index in [2.05, 4.69) is 15.0 Å². The third-order valence-electron chi connectivity index (χ3n) is 1.29. The van der Waals surface area contributed by atoms with E-state index in [9.17, 15) is 0 Å². The summed E-state index contributed by atoms with van der Waals surface area (Å²) in [5.74, 6) is 0.367. The molecule has 4 heteroatoms.